The van der Waals surface area contributed by atoms with E-state index in [9.17, 15) is 0 Å². The van der Waals surface area contributed by atoms with Crippen molar-refractivity contribution in [1.82, 2.24) is 3.96 Å². The fourth-order valence-corrected chi connectivity index (χ4v) is 2.77. The molecule has 0 fully saturated rings. The first-order valence-corrected chi connectivity index (χ1v) is 8.18. The summed E-state index contributed by atoms with van der Waals surface area (Å²) in [7, 11) is 0. The minimum absolute atomic E-state index is 0.171. The maximum atomic E-state index is 8.85. The third-order valence-corrected chi connectivity index (χ3v) is 4.12. The van der Waals surface area contributed by atoms with E-state index in [1.54, 1.807) is 22.2 Å². The second-order valence-electron chi connectivity index (χ2n) is 4.79. The largest absolute Gasteiger partial charge is 0.396 e. The van der Waals surface area contributed by atoms with Crippen LogP contribution < -0.4 is 10.8 Å². The van der Waals surface area contributed by atoms with Crippen molar-refractivity contribution in [2.24, 2.45) is 4.99 Å². The Morgan fingerprint density at radius 2 is 2.09 bits per heavy atom. The van der Waals surface area contributed by atoms with Gasteiger partial charge in [0.2, 0.25) is 5.96 Å². The van der Waals surface area contributed by atoms with Crippen LogP contribution in [0.15, 0.2) is 35.3 Å². The van der Waals surface area contributed by atoms with Crippen molar-refractivity contribution < 1.29 is 5.11 Å². The van der Waals surface area contributed by atoms with Gasteiger partial charge in [-0.1, -0.05) is 23.1 Å². The minimum Gasteiger partial charge on any atom is -0.396 e. The third-order valence-electron chi connectivity index (χ3n) is 2.91. The predicted molar refractivity (Wildman–Crippen MR) is 92.0 cm³/mol. The van der Waals surface area contributed by atoms with Crippen molar-refractivity contribution in [3.63, 3.8) is 0 Å². The zero-order valence-corrected chi connectivity index (χ0v) is 13.9. The van der Waals surface area contributed by atoms with Gasteiger partial charge in [-0.25, -0.2) is 3.96 Å². The van der Waals surface area contributed by atoms with Gasteiger partial charge in [-0.3, -0.25) is 10.4 Å². The highest BCUT2D eigenvalue weighted by atomic mass is 35.5. The molecule has 1 aromatic carbocycles. The van der Waals surface area contributed by atoms with Gasteiger partial charge in [0.05, 0.1) is 0 Å². The molecule has 0 saturated heterocycles. The highest BCUT2D eigenvalue weighted by Crippen LogP contribution is 2.14. The van der Waals surface area contributed by atoms with Crippen LogP contribution in [0.2, 0.25) is 5.02 Å². The summed E-state index contributed by atoms with van der Waals surface area (Å²) in [5, 5.41) is 20.8. The van der Waals surface area contributed by atoms with Gasteiger partial charge >= 0.3 is 0 Å². The number of aliphatic imine (C=N–C) groups is 1. The predicted octanol–water partition coefficient (Wildman–Crippen LogP) is 3.08. The second kappa shape index (κ2) is 8.12. The lowest BCUT2D eigenvalue weighted by molar-refractivity contribution is 0.285. The fraction of sp³-hybridized carbons (Fsp3) is 0.333. The van der Waals surface area contributed by atoms with E-state index in [0.717, 1.165) is 23.4 Å². The van der Waals surface area contributed by atoms with E-state index in [-0.39, 0.29) is 6.61 Å². The molecule has 0 atom stereocenters. The summed E-state index contributed by atoms with van der Waals surface area (Å²) in [6.07, 6.45) is 1.53. The van der Waals surface area contributed by atoms with E-state index in [0.29, 0.717) is 23.0 Å². The highest BCUT2D eigenvalue weighted by Gasteiger charge is 2.07. The van der Waals surface area contributed by atoms with Gasteiger partial charge in [0.25, 0.3) is 0 Å². The van der Waals surface area contributed by atoms with Crippen LogP contribution in [0.3, 0.4) is 0 Å². The van der Waals surface area contributed by atoms with Gasteiger partial charge in [-0.2, -0.15) is 0 Å². The van der Waals surface area contributed by atoms with Crippen LogP contribution in [0.1, 0.15) is 17.7 Å². The number of aliphatic hydroxyl groups is 1. The Morgan fingerprint density at radius 1 is 1.36 bits per heavy atom. The van der Waals surface area contributed by atoms with Crippen molar-refractivity contribution in [3.8, 4) is 0 Å². The Labute approximate surface area is 138 Å². The Balaban J connectivity index is 2.23. The Kier molecular flexibility index (Phi) is 6.18. The van der Waals surface area contributed by atoms with Gasteiger partial charge in [-0.05, 0) is 50.1 Å². The number of unbranched alkanes of at least 4 members (excludes halogenated alkanes) is 1. The molecule has 0 aliphatic rings. The summed E-state index contributed by atoms with van der Waals surface area (Å²) in [4.78, 5) is 5.59. The Hall–Kier alpha value is -1.63. The molecule has 2 rings (SSSR count). The van der Waals surface area contributed by atoms with E-state index in [4.69, 9.17) is 22.1 Å². The SMILES string of the molecule is Cc1cc(=N)n(C(=NCCCCO)Nc2ccc(Cl)cc2)s1. The van der Waals surface area contributed by atoms with Crippen LogP contribution in [-0.2, 0) is 0 Å². The summed E-state index contributed by atoms with van der Waals surface area (Å²) in [6, 6.07) is 9.16. The summed E-state index contributed by atoms with van der Waals surface area (Å²) >= 11 is 7.37. The van der Waals surface area contributed by atoms with Crippen LogP contribution in [0.4, 0.5) is 5.69 Å². The van der Waals surface area contributed by atoms with Crippen molar-refractivity contribution in [2.75, 3.05) is 18.5 Å². The topological polar surface area (TPSA) is 73.4 Å². The molecule has 0 saturated carbocycles. The molecule has 5 nitrogen and oxygen atoms in total. The average molecular weight is 339 g/mol. The summed E-state index contributed by atoms with van der Waals surface area (Å²) in [5.41, 5.74) is 1.26. The standard InChI is InChI=1S/C15H19ClN4OS/c1-11-10-14(17)20(22-11)15(18-8-2-3-9-21)19-13-6-4-12(16)5-7-13/h4-7,10,17,21H,2-3,8-9H2,1H3,(H,18,19). The molecule has 0 amide bonds. The van der Waals surface area contributed by atoms with Crippen LogP contribution >= 0.6 is 23.1 Å². The molecule has 2 aromatic rings. The molecule has 0 spiro atoms. The molecule has 3 N–H and O–H groups in total. The summed E-state index contributed by atoms with van der Waals surface area (Å²) < 4.78 is 1.75. The Bertz CT molecular complexity index is 690. The lowest BCUT2D eigenvalue weighted by Crippen LogP contribution is -2.28. The van der Waals surface area contributed by atoms with Crippen molar-refractivity contribution in [2.45, 2.75) is 19.8 Å². The second-order valence-corrected chi connectivity index (χ2v) is 6.42. The summed E-state index contributed by atoms with van der Waals surface area (Å²) in [5.74, 6) is 0.614. The Morgan fingerprint density at radius 3 is 2.68 bits per heavy atom. The molecular weight excluding hydrogens is 320 g/mol. The highest BCUT2D eigenvalue weighted by molar-refractivity contribution is 7.07. The molecular formula is C15H19ClN4OS. The first kappa shape index (κ1) is 16.7. The van der Waals surface area contributed by atoms with E-state index >= 15 is 0 Å². The molecule has 0 aliphatic heterocycles. The number of aromatic nitrogens is 1. The lowest BCUT2D eigenvalue weighted by Gasteiger charge is -2.10. The van der Waals surface area contributed by atoms with E-state index in [1.165, 1.54) is 11.5 Å². The number of hydrogen-bond donors (Lipinski definition) is 3. The maximum absolute atomic E-state index is 8.85. The van der Waals surface area contributed by atoms with Gasteiger partial charge in [-0.15, -0.1) is 0 Å². The molecule has 0 bridgehead atoms. The normalized spacial score (nSPS) is 11.7. The molecule has 7 heteroatoms. The quantitative estimate of drug-likeness (QED) is 0.445. The number of halogens is 1. The first-order chi connectivity index (χ1) is 10.6. The molecule has 0 aliphatic carbocycles. The average Bonchev–Trinajstić information content (AvgIpc) is 2.83. The van der Waals surface area contributed by atoms with E-state index < -0.39 is 0 Å². The molecule has 22 heavy (non-hydrogen) atoms. The van der Waals surface area contributed by atoms with Gasteiger partial charge < -0.3 is 10.4 Å². The number of anilines is 1. The number of nitrogens with one attached hydrogen (secondary N) is 2. The van der Waals surface area contributed by atoms with Crippen LogP contribution in [0, 0.1) is 12.3 Å². The third kappa shape index (κ3) is 4.69. The zero-order chi connectivity index (χ0) is 15.9. The fourth-order valence-electron chi connectivity index (χ4n) is 1.85. The zero-order valence-electron chi connectivity index (χ0n) is 12.3. The molecule has 0 unspecified atom stereocenters. The number of hydrogen-bond acceptors (Lipinski definition) is 4. The summed E-state index contributed by atoms with van der Waals surface area (Å²) in [6.45, 7) is 2.73. The van der Waals surface area contributed by atoms with Crippen molar-refractivity contribution in [1.29, 1.82) is 5.41 Å². The van der Waals surface area contributed by atoms with Gasteiger partial charge in [0, 0.05) is 28.7 Å². The van der Waals surface area contributed by atoms with E-state index in [2.05, 4.69) is 10.3 Å². The molecule has 118 valence electrons. The first-order valence-electron chi connectivity index (χ1n) is 7.03. The van der Waals surface area contributed by atoms with Crippen LogP contribution in [-0.4, -0.2) is 28.2 Å². The van der Waals surface area contributed by atoms with Crippen molar-refractivity contribution in [3.05, 3.63) is 45.7 Å². The molecule has 1 aromatic heterocycles. The minimum atomic E-state index is 0.171. The number of aryl methyl sites for hydroxylation is 1. The number of rotatable bonds is 5. The maximum Gasteiger partial charge on any atom is 0.218 e. The molecule has 0 radical (unpaired) electrons. The van der Waals surface area contributed by atoms with Crippen molar-refractivity contribution >= 4 is 34.8 Å². The smallest absolute Gasteiger partial charge is 0.218 e. The van der Waals surface area contributed by atoms with E-state index in [1.807, 2.05) is 19.1 Å². The lowest BCUT2D eigenvalue weighted by atomic mass is 10.3. The van der Waals surface area contributed by atoms with Crippen LogP contribution in [0.25, 0.3) is 0 Å². The number of nitrogens with zero attached hydrogens (tertiary/aromatic N) is 2. The number of aliphatic hydroxyl groups excluding tert-OH is 1. The number of benzene rings is 1. The molecule has 1 heterocycles. The monoisotopic (exact) mass is 338 g/mol. The van der Waals surface area contributed by atoms with Gasteiger partial charge in [0.1, 0.15) is 5.49 Å². The van der Waals surface area contributed by atoms with Crippen LogP contribution in [0.5, 0.6) is 0 Å². The van der Waals surface area contributed by atoms with Gasteiger partial charge in [0.15, 0.2) is 0 Å².